The van der Waals surface area contributed by atoms with Gasteiger partial charge in [0, 0.05) is 24.0 Å². The third-order valence-electron chi connectivity index (χ3n) is 5.28. The maximum Gasteiger partial charge on any atom is 0.221 e. The average molecular weight is 334 g/mol. The van der Waals surface area contributed by atoms with Crippen LogP contribution in [0.1, 0.15) is 37.3 Å². The van der Waals surface area contributed by atoms with Crippen LogP contribution in [-0.2, 0) is 6.42 Å². The zero-order valence-electron chi connectivity index (χ0n) is 14.4. The molecule has 1 atom stereocenters. The number of nitrogen functional groups attached to an aromatic ring is 1. The van der Waals surface area contributed by atoms with E-state index < -0.39 is 5.60 Å². The maximum atomic E-state index is 10.5. The highest BCUT2D eigenvalue weighted by Crippen LogP contribution is 2.36. The minimum atomic E-state index is -0.905. The van der Waals surface area contributed by atoms with E-state index in [1.54, 1.807) is 6.20 Å². The van der Waals surface area contributed by atoms with Gasteiger partial charge in [0.25, 0.3) is 0 Å². The molecule has 1 aliphatic carbocycles. The molecule has 0 amide bonds. The number of nitrogens with two attached hydrogens (primary N) is 1. The van der Waals surface area contributed by atoms with E-state index in [1.807, 2.05) is 19.1 Å². The molecule has 1 aromatic heterocycles. The standard InChI is InChI=1S/C20H22N4O/c1-20(25,16-3-2-4-16)10-7-14-5-6-15-9-12-24(17(15)13-14)18-8-11-22-19(21)23-18/h5-6,8,11,13,16,25H,2-4,9,12H2,1H3,(H2,21,22,23). The van der Waals surface area contributed by atoms with Crippen molar-refractivity contribution in [2.24, 2.45) is 5.92 Å². The molecule has 0 radical (unpaired) electrons. The predicted molar refractivity (Wildman–Crippen MR) is 98.4 cm³/mol. The largest absolute Gasteiger partial charge is 0.378 e. The molecule has 5 heteroatoms. The second-order valence-electron chi connectivity index (χ2n) is 7.04. The zero-order valence-corrected chi connectivity index (χ0v) is 14.4. The summed E-state index contributed by atoms with van der Waals surface area (Å²) in [5.41, 5.74) is 8.10. The number of nitrogens with zero attached hydrogens (tertiary/aromatic N) is 3. The van der Waals surface area contributed by atoms with Crippen LogP contribution in [0.15, 0.2) is 30.5 Å². The summed E-state index contributed by atoms with van der Waals surface area (Å²) in [5, 5.41) is 10.5. The van der Waals surface area contributed by atoms with Crippen molar-refractivity contribution >= 4 is 17.5 Å². The molecule has 1 fully saturated rings. The van der Waals surface area contributed by atoms with Crippen molar-refractivity contribution < 1.29 is 5.11 Å². The summed E-state index contributed by atoms with van der Waals surface area (Å²) in [6.45, 7) is 2.69. The van der Waals surface area contributed by atoms with Gasteiger partial charge in [-0.05, 0) is 55.9 Å². The lowest BCUT2D eigenvalue weighted by atomic mass is 9.74. The van der Waals surface area contributed by atoms with E-state index in [1.165, 1.54) is 12.0 Å². The fourth-order valence-corrected chi connectivity index (χ4v) is 3.48. The quantitative estimate of drug-likeness (QED) is 0.826. The van der Waals surface area contributed by atoms with Crippen LogP contribution in [0.4, 0.5) is 17.5 Å². The molecule has 1 saturated carbocycles. The fourth-order valence-electron chi connectivity index (χ4n) is 3.48. The Kier molecular flexibility index (Phi) is 3.85. The lowest BCUT2D eigenvalue weighted by molar-refractivity contribution is 0.0163. The smallest absolute Gasteiger partial charge is 0.221 e. The summed E-state index contributed by atoms with van der Waals surface area (Å²) in [4.78, 5) is 10.4. The number of benzene rings is 1. The molecule has 1 aromatic carbocycles. The van der Waals surface area contributed by atoms with Crippen molar-refractivity contribution in [2.45, 2.75) is 38.2 Å². The van der Waals surface area contributed by atoms with E-state index in [2.05, 4.69) is 38.8 Å². The molecule has 3 N–H and O–H groups in total. The summed E-state index contributed by atoms with van der Waals surface area (Å²) in [7, 11) is 0. The second kappa shape index (κ2) is 6.05. The van der Waals surface area contributed by atoms with Crippen molar-refractivity contribution in [1.29, 1.82) is 0 Å². The number of rotatable bonds is 2. The van der Waals surface area contributed by atoms with E-state index in [0.717, 1.165) is 42.9 Å². The predicted octanol–water partition coefficient (Wildman–Crippen LogP) is 2.66. The topological polar surface area (TPSA) is 75.3 Å². The van der Waals surface area contributed by atoms with Crippen molar-refractivity contribution in [2.75, 3.05) is 17.2 Å². The first-order valence-corrected chi connectivity index (χ1v) is 8.77. The van der Waals surface area contributed by atoms with Crippen molar-refractivity contribution in [1.82, 2.24) is 9.97 Å². The van der Waals surface area contributed by atoms with Gasteiger partial charge in [-0.2, -0.15) is 4.98 Å². The molecule has 2 heterocycles. The van der Waals surface area contributed by atoms with Crippen LogP contribution in [0.5, 0.6) is 0 Å². The van der Waals surface area contributed by atoms with Gasteiger partial charge in [-0.25, -0.2) is 4.98 Å². The van der Waals surface area contributed by atoms with E-state index >= 15 is 0 Å². The minimum absolute atomic E-state index is 0.276. The van der Waals surface area contributed by atoms with Gasteiger partial charge in [0.1, 0.15) is 11.4 Å². The molecular formula is C20H22N4O. The van der Waals surface area contributed by atoms with Crippen LogP contribution in [-0.4, -0.2) is 27.2 Å². The lowest BCUT2D eigenvalue weighted by Gasteiger charge is -2.35. The molecule has 0 spiro atoms. The Morgan fingerprint density at radius 2 is 2.16 bits per heavy atom. The van der Waals surface area contributed by atoms with Crippen LogP contribution >= 0.6 is 0 Å². The van der Waals surface area contributed by atoms with Crippen LogP contribution in [0.25, 0.3) is 0 Å². The zero-order chi connectivity index (χ0) is 17.4. The number of hydrogen-bond donors (Lipinski definition) is 2. The molecular weight excluding hydrogens is 312 g/mol. The number of aliphatic hydroxyl groups is 1. The molecule has 1 aliphatic heterocycles. The number of aromatic nitrogens is 2. The molecule has 0 saturated heterocycles. The number of fused-ring (bicyclic) bond motifs is 1. The van der Waals surface area contributed by atoms with E-state index in [-0.39, 0.29) is 5.95 Å². The van der Waals surface area contributed by atoms with Crippen LogP contribution in [0.2, 0.25) is 0 Å². The second-order valence-corrected chi connectivity index (χ2v) is 7.04. The van der Waals surface area contributed by atoms with Crippen molar-refractivity contribution in [3.05, 3.63) is 41.6 Å². The average Bonchev–Trinajstić information content (AvgIpc) is 2.94. The van der Waals surface area contributed by atoms with E-state index in [4.69, 9.17) is 5.73 Å². The van der Waals surface area contributed by atoms with Gasteiger partial charge in [-0.3, -0.25) is 0 Å². The lowest BCUT2D eigenvalue weighted by Crippen LogP contribution is -2.37. The minimum Gasteiger partial charge on any atom is -0.378 e. The van der Waals surface area contributed by atoms with Gasteiger partial charge in [-0.1, -0.05) is 24.3 Å². The Morgan fingerprint density at radius 3 is 2.88 bits per heavy atom. The third kappa shape index (κ3) is 3.06. The molecule has 1 unspecified atom stereocenters. The molecule has 2 aliphatic rings. The summed E-state index contributed by atoms with van der Waals surface area (Å²) < 4.78 is 0. The Morgan fingerprint density at radius 1 is 1.32 bits per heavy atom. The summed E-state index contributed by atoms with van der Waals surface area (Å²) in [6, 6.07) is 8.08. The summed E-state index contributed by atoms with van der Waals surface area (Å²) in [6.07, 6.45) is 5.96. The molecule has 2 aromatic rings. The van der Waals surface area contributed by atoms with Crippen molar-refractivity contribution in [3.63, 3.8) is 0 Å². The summed E-state index contributed by atoms with van der Waals surface area (Å²) >= 11 is 0. The highest BCUT2D eigenvalue weighted by Gasteiger charge is 2.34. The Hall–Kier alpha value is -2.58. The van der Waals surface area contributed by atoms with Gasteiger partial charge < -0.3 is 15.7 Å². The van der Waals surface area contributed by atoms with Crippen LogP contribution in [0, 0.1) is 17.8 Å². The van der Waals surface area contributed by atoms with E-state index in [0.29, 0.717) is 5.92 Å². The Balaban J connectivity index is 1.63. The fraction of sp³-hybridized carbons (Fsp3) is 0.400. The third-order valence-corrected chi connectivity index (χ3v) is 5.28. The van der Waals surface area contributed by atoms with Crippen LogP contribution < -0.4 is 10.6 Å². The van der Waals surface area contributed by atoms with Gasteiger partial charge in [0.15, 0.2) is 0 Å². The van der Waals surface area contributed by atoms with Crippen molar-refractivity contribution in [3.8, 4) is 11.8 Å². The monoisotopic (exact) mass is 334 g/mol. The van der Waals surface area contributed by atoms with Crippen LogP contribution in [0.3, 0.4) is 0 Å². The molecule has 0 bridgehead atoms. The summed E-state index contributed by atoms with van der Waals surface area (Å²) in [5.74, 6) is 7.62. The Labute approximate surface area is 147 Å². The van der Waals surface area contributed by atoms with Gasteiger partial charge in [0.2, 0.25) is 5.95 Å². The first-order chi connectivity index (χ1) is 12.0. The number of anilines is 3. The molecule has 4 rings (SSSR count). The molecule has 25 heavy (non-hydrogen) atoms. The first kappa shape index (κ1) is 15.9. The first-order valence-electron chi connectivity index (χ1n) is 8.77. The molecule has 5 nitrogen and oxygen atoms in total. The highest BCUT2D eigenvalue weighted by molar-refractivity contribution is 5.69. The normalized spacial score (nSPS) is 18.7. The van der Waals surface area contributed by atoms with Gasteiger partial charge >= 0.3 is 0 Å². The molecule has 128 valence electrons. The SMILES string of the molecule is CC(O)(C#Cc1ccc2c(c1)N(c1ccnc(N)n1)CC2)C1CCC1. The van der Waals surface area contributed by atoms with Gasteiger partial charge in [0.05, 0.1) is 0 Å². The Bertz CT molecular complexity index is 861. The van der Waals surface area contributed by atoms with E-state index in [9.17, 15) is 5.11 Å². The number of hydrogen-bond acceptors (Lipinski definition) is 5. The maximum absolute atomic E-state index is 10.5. The van der Waals surface area contributed by atoms with Gasteiger partial charge in [-0.15, -0.1) is 0 Å². The highest BCUT2D eigenvalue weighted by atomic mass is 16.3.